The van der Waals surface area contributed by atoms with Gasteiger partial charge in [-0.3, -0.25) is 4.79 Å². The van der Waals surface area contributed by atoms with Crippen molar-refractivity contribution in [1.82, 2.24) is 4.98 Å². The van der Waals surface area contributed by atoms with Gasteiger partial charge in [-0.05, 0) is 62.8 Å². The summed E-state index contributed by atoms with van der Waals surface area (Å²) in [5.41, 5.74) is 5.91. The third kappa shape index (κ3) is 1.76. The van der Waals surface area contributed by atoms with Crippen LogP contribution in [-0.2, 0) is 12.8 Å². The molecule has 0 saturated heterocycles. The second-order valence-electron chi connectivity index (χ2n) is 5.41. The minimum absolute atomic E-state index is 0.160. The van der Waals surface area contributed by atoms with Gasteiger partial charge in [0.25, 0.3) is 0 Å². The first-order valence-corrected chi connectivity index (χ1v) is 6.82. The van der Waals surface area contributed by atoms with Gasteiger partial charge in [0.2, 0.25) is 0 Å². The number of nitrogens with one attached hydrogen (secondary N) is 1. The van der Waals surface area contributed by atoms with E-state index in [1.807, 2.05) is 6.92 Å². The molecule has 2 aromatic rings. The Kier molecular flexibility index (Phi) is 2.73. The number of benzene rings is 1. The summed E-state index contributed by atoms with van der Waals surface area (Å²) >= 11 is 0. The fourth-order valence-electron chi connectivity index (χ4n) is 3.19. The van der Waals surface area contributed by atoms with Gasteiger partial charge in [-0.1, -0.05) is 6.42 Å². The predicted molar refractivity (Wildman–Crippen MR) is 74.3 cm³/mol. The molecule has 3 rings (SSSR count). The molecule has 0 spiro atoms. The first kappa shape index (κ1) is 11.5. The second-order valence-corrected chi connectivity index (χ2v) is 5.41. The summed E-state index contributed by atoms with van der Waals surface area (Å²) in [6, 6.07) is 4.51. The van der Waals surface area contributed by atoms with E-state index >= 15 is 0 Å². The number of hydrogen-bond acceptors (Lipinski definition) is 1. The maximum absolute atomic E-state index is 11.8. The minimum Gasteiger partial charge on any atom is -0.358 e. The number of aromatic nitrogens is 1. The van der Waals surface area contributed by atoms with Gasteiger partial charge in [-0.25, -0.2) is 0 Å². The molecule has 0 saturated carbocycles. The van der Waals surface area contributed by atoms with Crippen LogP contribution in [0.3, 0.4) is 0 Å². The largest absolute Gasteiger partial charge is 0.358 e. The Labute approximate surface area is 107 Å². The van der Waals surface area contributed by atoms with E-state index in [4.69, 9.17) is 0 Å². The van der Waals surface area contributed by atoms with Gasteiger partial charge >= 0.3 is 0 Å². The lowest BCUT2D eigenvalue weighted by atomic mass is 9.98. The lowest BCUT2D eigenvalue weighted by molar-refractivity contribution is 0.101. The van der Waals surface area contributed by atoms with Gasteiger partial charge in [0.1, 0.15) is 0 Å². The van der Waals surface area contributed by atoms with E-state index in [0.29, 0.717) is 0 Å². The monoisotopic (exact) mass is 241 g/mol. The molecule has 0 fully saturated rings. The van der Waals surface area contributed by atoms with E-state index in [0.717, 1.165) is 28.6 Å². The molecule has 0 unspecified atom stereocenters. The summed E-state index contributed by atoms with van der Waals surface area (Å²) in [5, 5.41) is 1.11. The average molecular weight is 241 g/mol. The number of Topliss-reactive ketones (excluding diaryl/α,β-unsaturated/α-hetero) is 1. The van der Waals surface area contributed by atoms with E-state index in [1.54, 1.807) is 6.92 Å². The number of carbonyl (C=O) groups is 1. The summed E-state index contributed by atoms with van der Waals surface area (Å²) in [7, 11) is 0. The Balaban J connectivity index is 2.25. The van der Waals surface area contributed by atoms with E-state index in [2.05, 4.69) is 17.1 Å². The molecule has 1 N–H and O–H groups in total. The molecular formula is C16H19NO. The summed E-state index contributed by atoms with van der Waals surface area (Å²) in [4.78, 5) is 15.1. The van der Waals surface area contributed by atoms with Gasteiger partial charge in [0.15, 0.2) is 5.78 Å². The van der Waals surface area contributed by atoms with Gasteiger partial charge in [-0.2, -0.15) is 0 Å². The molecule has 0 amide bonds. The first-order chi connectivity index (χ1) is 8.66. The van der Waals surface area contributed by atoms with Crippen LogP contribution in [0.15, 0.2) is 12.1 Å². The highest BCUT2D eigenvalue weighted by atomic mass is 16.1. The fourth-order valence-corrected chi connectivity index (χ4v) is 3.19. The molecule has 1 aromatic heterocycles. The van der Waals surface area contributed by atoms with Crippen LogP contribution in [0.2, 0.25) is 0 Å². The van der Waals surface area contributed by atoms with Gasteiger partial charge in [0.05, 0.1) is 0 Å². The Morgan fingerprint density at radius 3 is 2.44 bits per heavy atom. The summed E-state index contributed by atoms with van der Waals surface area (Å²) in [5.74, 6) is 0.160. The molecule has 94 valence electrons. The van der Waals surface area contributed by atoms with Crippen molar-refractivity contribution in [2.75, 3.05) is 0 Å². The quantitative estimate of drug-likeness (QED) is 0.595. The van der Waals surface area contributed by atoms with Crippen molar-refractivity contribution in [2.45, 2.75) is 46.0 Å². The minimum atomic E-state index is 0.160. The molecule has 0 aliphatic heterocycles. The molecule has 1 heterocycles. The van der Waals surface area contributed by atoms with Crippen LogP contribution >= 0.6 is 0 Å². The number of carbonyl (C=O) groups excluding carboxylic acids is 1. The SMILES string of the molecule is CC(=O)c1c(C)[nH]c2cc3c(cc12)CCCCC3. The van der Waals surface area contributed by atoms with Crippen LogP contribution in [0.5, 0.6) is 0 Å². The van der Waals surface area contributed by atoms with Crippen molar-refractivity contribution in [3.8, 4) is 0 Å². The zero-order chi connectivity index (χ0) is 12.7. The Hall–Kier alpha value is -1.57. The highest BCUT2D eigenvalue weighted by molar-refractivity contribution is 6.08. The number of aryl methyl sites for hydroxylation is 3. The van der Waals surface area contributed by atoms with E-state index in [1.165, 1.54) is 36.8 Å². The number of ketones is 1. The maximum atomic E-state index is 11.8. The molecule has 1 aliphatic rings. The van der Waals surface area contributed by atoms with Gasteiger partial charge < -0.3 is 4.98 Å². The summed E-state index contributed by atoms with van der Waals surface area (Å²) in [6.45, 7) is 3.64. The highest BCUT2D eigenvalue weighted by Crippen LogP contribution is 2.29. The zero-order valence-corrected chi connectivity index (χ0v) is 11.1. The normalized spacial score (nSPS) is 15.4. The van der Waals surface area contributed by atoms with Crippen molar-refractivity contribution < 1.29 is 4.79 Å². The summed E-state index contributed by atoms with van der Waals surface area (Å²) < 4.78 is 0. The number of fused-ring (bicyclic) bond motifs is 2. The molecule has 1 aliphatic carbocycles. The molecular weight excluding hydrogens is 222 g/mol. The van der Waals surface area contributed by atoms with Crippen LogP contribution in [0.1, 0.15) is 53.4 Å². The third-order valence-electron chi connectivity index (χ3n) is 4.05. The lowest BCUT2D eigenvalue weighted by Crippen LogP contribution is -1.95. The van der Waals surface area contributed by atoms with Crippen LogP contribution in [0.4, 0.5) is 0 Å². The number of H-pyrrole nitrogens is 1. The van der Waals surface area contributed by atoms with Crippen molar-refractivity contribution in [2.24, 2.45) is 0 Å². The Morgan fingerprint density at radius 1 is 1.11 bits per heavy atom. The van der Waals surface area contributed by atoms with Crippen molar-refractivity contribution in [3.63, 3.8) is 0 Å². The number of rotatable bonds is 1. The van der Waals surface area contributed by atoms with Crippen molar-refractivity contribution >= 4 is 16.7 Å². The van der Waals surface area contributed by atoms with Crippen LogP contribution in [0, 0.1) is 6.92 Å². The topological polar surface area (TPSA) is 32.9 Å². The molecule has 0 bridgehead atoms. The first-order valence-electron chi connectivity index (χ1n) is 6.82. The Bertz CT molecular complexity index is 622. The van der Waals surface area contributed by atoms with Crippen molar-refractivity contribution in [3.05, 3.63) is 34.5 Å². The molecule has 0 radical (unpaired) electrons. The molecule has 1 aromatic carbocycles. The number of aromatic amines is 1. The van der Waals surface area contributed by atoms with Crippen LogP contribution < -0.4 is 0 Å². The van der Waals surface area contributed by atoms with E-state index in [9.17, 15) is 4.79 Å². The standard InChI is InChI=1S/C16H19NO/c1-10-16(11(2)18)14-8-12-6-4-3-5-7-13(12)9-15(14)17-10/h8-9,17H,3-7H2,1-2H3. The predicted octanol–water partition coefficient (Wildman–Crippen LogP) is 3.95. The molecule has 0 atom stereocenters. The highest BCUT2D eigenvalue weighted by Gasteiger charge is 2.16. The van der Waals surface area contributed by atoms with Gasteiger partial charge in [0, 0.05) is 22.2 Å². The smallest absolute Gasteiger partial charge is 0.162 e. The van der Waals surface area contributed by atoms with Crippen molar-refractivity contribution in [1.29, 1.82) is 0 Å². The average Bonchev–Trinajstić information content (AvgIpc) is 2.49. The van der Waals surface area contributed by atoms with E-state index < -0.39 is 0 Å². The zero-order valence-electron chi connectivity index (χ0n) is 11.1. The Morgan fingerprint density at radius 2 is 1.78 bits per heavy atom. The van der Waals surface area contributed by atoms with E-state index in [-0.39, 0.29) is 5.78 Å². The summed E-state index contributed by atoms with van der Waals surface area (Å²) in [6.07, 6.45) is 6.22. The van der Waals surface area contributed by atoms with Crippen LogP contribution in [-0.4, -0.2) is 10.8 Å². The molecule has 2 heteroatoms. The molecule has 18 heavy (non-hydrogen) atoms. The van der Waals surface area contributed by atoms with Gasteiger partial charge in [-0.15, -0.1) is 0 Å². The number of hydrogen-bond donors (Lipinski definition) is 1. The molecule has 2 nitrogen and oxygen atoms in total. The fraction of sp³-hybridized carbons (Fsp3) is 0.438. The van der Waals surface area contributed by atoms with Crippen LogP contribution in [0.25, 0.3) is 10.9 Å². The third-order valence-corrected chi connectivity index (χ3v) is 4.05. The second kappa shape index (κ2) is 4.27. The maximum Gasteiger partial charge on any atom is 0.162 e. The lowest BCUT2D eigenvalue weighted by Gasteiger charge is -2.06.